The molecule has 0 radical (unpaired) electrons. The van der Waals surface area contributed by atoms with Gasteiger partial charge in [-0.15, -0.1) is 0 Å². The van der Waals surface area contributed by atoms with Gasteiger partial charge in [0.2, 0.25) is 6.79 Å². The van der Waals surface area contributed by atoms with E-state index in [9.17, 15) is 9.90 Å². The summed E-state index contributed by atoms with van der Waals surface area (Å²) < 4.78 is 22.0. The first-order valence-electron chi connectivity index (χ1n) is 10.7. The van der Waals surface area contributed by atoms with Crippen molar-refractivity contribution in [3.8, 4) is 17.2 Å². The van der Waals surface area contributed by atoms with Gasteiger partial charge in [0.25, 0.3) is 0 Å². The molecule has 2 aromatic rings. The highest BCUT2D eigenvalue weighted by molar-refractivity contribution is 5.74. The third-order valence-corrected chi connectivity index (χ3v) is 6.04. The van der Waals surface area contributed by atoms with Crippen LogP contribution in [0.15, 0.2) is 42.5 Å². The molecule has 2 aliphatic heterocycles. The second-order valence-corrected chi connectivity index (χ2v) is 7.91. The van der Waals surface area contributed by atoms with Crippen molar-refractivity contribution in [3.63, 3.8) is 0 Å². The molecule has 1 fully saturated rings. The van der Waals surface area contributed by atoms with Crippen LogP contribution in [0.3, 0.4) is 0 Å². The molecule has 3 unspecified atom stereocenters. The van der Waals surface area contributed by atoms with Gasteiger partial charge in [-0.25, -0.2) is 0 Å². The van der Waals surface area contributed by atoms with E-state index >= 15 is 0 Å². The second kappa shape index (κ2) is 9.58. The molecule has 0 bridgehead atoms. The van der Waals surface area contributed by atoms with Gasteiger partial charge in [0.15, 0.2) is 11.5 Å². The molecule has 2 aliphatic rings. The summed E-state index contributed by atoms with van der Waals surface area (Å²) in [5.74, 6) is 0.543. The van der Waals surface area contributed by atoms with Gasteiger partial charge in [-0.1, -0.05) is 25.1 Å². The topological polar surface area (TPSA) is 77.5 Å². The number of aliphatic carboxylic acids is 1. The first-order valence-corrected chi connectivity index (χ1v) is 10.7. The third kappa shape index (κ3) is 4.48. The summed E-state index contributed by atoms with van der Waals surface area (Å²) in [7, 11) is 1.62. The first-order chi connectivity index (χ1) is 15.1. The van der Waals surface area contributed by atoms with Gasteiger partial charge in [-0.3, -0.25) is 9.69 Å². The van der Waals surface area contributed by atoms with Gasteiger partial charge in [0.1, 0.15) is 5.75 Å². The second-order valence-electron chi connectivity index (χ2n) is 7.91. The van der Waals surface area contributed by atoms with Gasteiger partial charge >= 0.3 is 5.97 Å². The Morgan fingerprint density at radius 2 is 1.84 bits per heavy atom. The lowest BCUT2D eigenvalue weighted by Crippen LogP contribution is -2.31. The monoisotopic (exact) mass is 427 g/mol. The molecule has 166 valence electrons. The van der Waals surface area contributed by atoms with E-state index in [4.69, 9.17) is 18.9 Å². The highest BCUT2D eigenvalue weighted by Crippen LogP contribution is 2.47. The first kappa shape index (κ1) is 21.5. The molecule has 4 rings (SSSR count). The maximum Gasteiger partial charge on any atom is 0.309 e. The summed E-state index contributed by atoms with van der Waals surface area (Å²) >= 11 is 0. The van der Waals surface area contributed by atoms with Crippen molar-refractivity contribution >= 4 is 5.97 Å². The number of fused-ring (bicyclic) bond motifs is 1. The lowest BCUT2D eigenvalue weighted by molar-refractivity contribution is -0.143. The van der Waals surface area contributed by atoms with E-state index < -0.39 is 11.9 Å². The van der Waals surface area contributed by atoms with Crippen LogP contribution < -0.4 is 14.2 Å². The summed E-state index contributed by atoms with van der Waals surface area (Å²) in [5, 5.41) is 10.3. The quantitative estimate of drug-likeness (QED) is 0.612. The minimum absolute atomic E-state index is 0.176. The van der Waals surface area contributed by atoms with Gasteiger partial charge in [-0.05, 0) is 41.8 Å². The van der Waals surface area contributed by atoms with Crippen LogP contribution in [-0.4, -0.2) is 56.2 Å². The summed E-state index contributed by atoms with van der Waals surface area (Å²) in [6, 6.07) is 13.2. The lowest BCUT2D eigenvalue weighted by atomic mass is 9.82. The highest BCUT2D eigenvalue weighted by atomic mass is 16.7. The third-order valence-electron chi connectivity index (χ3n) is 6.04. The molecular weight excluding hydrogens is 398 g/mol. The number of nitrogens with zero attached hydrogens (tertiary/aromatic N) is 1. The lowest BCUT2D eigenvalue weighted by Gasteiger charge is -2.27. The highest BCUT2D eigenvalue weighted by Gasteiger charge is 2.47. The average molecular weight is 427 g/mol. The zero-order valence-corrected chi connectivity index (χ0v) is 18.0. The van der Waals surface area contributed by atoms with E-state index in [2.05, 4.69) is 11.8 Å². The Hall–Kier alpha value is -2.77. The number of carbonyl (C=O) groups is 1. The van der Waals surface area contributed by atoms with Crippen LogP contribution >= 0.6 is 0 Å². The van der Waals surface area contributed by atoms with Crippen molar-refractivity contribution in [1.29, 1.82) is 0 Å². The van der Waals surface area contributed by atoms with E-state index in [1.165, 1.54) is 0 Å². The fourth-order valence-electron chi connectivity index (χ4n) is 4.57. The van der Waals surface area contributed by atoms with Crippen LogP contribution in [0.1, 0.15) is 36.4 Å². The Bertz CT molecular complexity index is 899. The summed E-state index contributed by atoms with van der Waals surface area (Å²) in [6.45, 7) is 4.84. The molecule has 1 saturated heterocycles. The molecule has 0 amide bonds. The standard InChI is InChI=1S/C24H29NO6/c1-3-11-29-12-10-25-14-19(17-6-9-20-21(13-17)31-15-30-20)22(24(26)27)23(25)16-4-7-18(28-2)8-5-16/h4-9,13,19,22-23H,3,10-12,14-15H2,1-2H3,(H,26,27). The Labute approximate surface area is 182 Å². The van der Waals surface area contributed by atoms with Crippen molar-refractivity contribution in [2.75, 3.05) is 40.2 Å². The van der Waals surface area contributed by atoms with Crippen molar-refractivity contribution in [3.05, 3.63) is 53.6 Å². The van der Waals surface area contributed by atoms with Gasteiger partial charge in [-0.2, -0.15) is 0 Å². The Morgan fingerprint density at radius 3 is 2.55 bits per heavy atom. The number of methoxy groups -OCH3 is 1. The Morgan fingerprint density at radius 1 is 1.10 bits per heavy atom. The molecule has 2 heterocycles. The zero-order chi connectivity index (χ0) is 21.8. The minimum atomic E-state index is -0.805. The van der Waals surface area contributed by atoms with Crippen molar-refractivity contribution < 1.29 is 28.8 Å². The van der Waals surface area contributed by atoms with E-state index in [-0.39, 0.29) is 18.8 Å². The number of likely N-dealkylation sites (tertiary alicyclic amines) is 1. The number of hydrogen-bond donors (Lipinski definition) is 1. The summed E-state index contributed by atoms with van der Waals surface area (Å²) in [4.78, 5) is 14.7. The molecule has 0 spiro atoms. The predicted octanol–water partition coefficient (Wildman–Crippen LogP) is 3.69. The molecular formula is C24H29NO6. The Balaban J connectivity index is 1.66. The van der Waals surface area contributed by atoms with Crippen molar-refractivity contribution in [2.45, 2.75) is 25.3 Å². The molecule has 0 aliphatic carbocycles. The fourth-order valence-corrected chi connectivity index (χ4v) is 4.57. The van der Waals surface area contributed by atoms with Gasteiger partial charge in [0, 0.05) is 31.7 Å². The zero-order valence-electron chi connectivity index (χ0n) is 18.0. The van der Waals surface area contributed by atoms with Gasteiger partial charge in [0.05, 0.1) is 19.6 Å². The summed E-state index contributed by atoms with van der Waals surface area (Å²) in [5.41, 5.74) is 1.92. The molecule has 1 N–H and O–H groups in total. The number of rotatable bonds is 9. The number of carboxylic acid groups (broad SMARTS) is 1. The summed E-state index contributed by atoms with van der Waals surface area (Å²) in [6.07, 6.45) is 0.958. The predicted molar refractivity (Wildman–Crippen MR) is 115 cm³/mol. The van der Waals surface area contributed by atoms with E-state index in [0.29, 0.717) is 37.8 Å². The van der Waals surface area contributed by atoms with Crippen LogP contribution in [0.2, 0.25) is 0 Å². The minimum Gasteiger partial charge on any atom is -0.497 e. The average Bonchev–Trinajstić information content (AvgIpc) is 3.41. The van der Waals surface area contributed by atoms with E-state index in [1.54, 1.807) is 7.11 Å². The van der Waals surface area contributed by atoms with Crippen molar-refractivity contribution in [1.82, 2.24) is 4.90 Å². The molecule has 7 nitrogen and oxygen atoms in total. The number of benzene rings is 2. The largest absolute Gasteiger partial charge is 0.497 e. The van der Waals surface area contributed by atoms with Crippen LogP contribution in [-0.2, 0) is 9.53 Å². The van der Waals surface area contributed by atoms with E-state index in [0.717, 1.165) is 23.3 Å². The SMILES string of the molecule is CCCOCCN1CC(c2ccc3c(c2)OCO3)C(C(=O)O)C1c1ccc(OC)cc1. The molecule has 0 saturated carbocycles. The van der Waals surface area contributed by atoms with Gasteiger partial charge < -0.3 is 24.1 Å². The molecule has 3 atom stereocenters. The van der Waals surface area contributed by atoms with Crippen molar-refractivity contribution in [2.24, 2.45) is 5.92 Å². The number of ether oxygens (including phenoxy) is 4. The van der Waals surface area contributed by atoms with Crippen LogP contribution in [0.5, 0.6) is 17.2 Å². The smallest absolute Gasteiger partial charge is 0.309 e. The van der Waals surface area contributed by atoms with Crippen LogP contribution in [0.25, 0.3) is 0 Å². The molecule has 2 aromatic carbocycles. The van der Waals surface area contributed by atoms with Crippen LogP contribution in [0, 0.1) is 5.92 Å². The maximum atomic E-state index is 12.5. The molecule has 7 heteroatoms. The Kier molecular flexibility index (Phi) is 6.63. The molecule has 31 heavy (non-hydrogen) atoms. The number of hydrogen-bond acceptors (Lipinski definition) is 6. The van der Waals surface area contributed by atoms with Crippen LogP contribution in [0.4, 0.5) is 0 Å². The number of carboxylic acids is 1. The maximum absolute atomic E-state index is 12.5. The van der Waals surface area contributed by atoms with E-state index in [1.807, 2.05) is 42.5 Å². The normalized spacial score (nSPS) is 22.6. The molecule has 0 aromatic heterocycles. The fraction of sp³-hybridized carbons (Fsp3) is 0.458.